The number of ether oxygens (including phenoxy) is 1. The molecule has 0 aliphatic heterocycles. The Morgan fingerprint density at radius 1 is 1.50 bits per heavy atom. The summed E-state index contributed by atoms with van der Waals surface area (Å²) in [6, 6.07) is 3.80. The minimum atomic E-state index is 0.633. The van der Waals surface area contributed by atoms with Gasteiger partial charge >= 0.3 is 0 Å². The Bertz CT molecular complexity index is 265. The summed E-state index contributed by atoms with van der Waals surface area (Å²) in [7, 11) is 1.61. The first-order chi connectivity index (χ1) is 6.86. The molecule has 0 fully saturated rings. The van der Waals surface area contributed by atoms with Crippen molar-refractivity contribution in [3.8, 4) is 5.88 Å². The lowest BCUT2D eigenvalue weighted by molar-refractivity contribution is 0.398. The fraction of sp³-hybridized carbons (Fsp3) is 0.500. The number of rotatable bonds is 6. The fourth-order valence-electron chi connectivity index (χ4n) is 1.13. The molecule has 0 saturated heterocycles. The van der Waals surface area contributed by atoms with Crippen molar-refractivity contribution in [2.24, 2.45) is 5.73 Å². The molecule has 0 aromatic carbocycles. The van der Waals surface area contributed by atoms with Crippen LogP contribution in [0.1, 0.15) is 12.8 Å². The Hall–Kier alpha value is -1.29. The molecule has 0 spiro atoms. The maximum atomic E-state index is 5.40. The van der Waals surface area contributed by atoms with Gasteiger partial charge in [-0.25, -0.2) is 4.98 Å². The molecule has 1 aromatic rings. The maximum Gasteiger partial charge on any atom is 0.214 e. The van der Waals surface area contributed by atoms with Gasteiger partial charge < -0.3 is 15.8 Å². The standard InChI is InChI=1S/C10H17N3O/c1-14-10-8-9(4-7-13-10)12-6-3-2-5-11/h4,7-8H,2-3,5-6,11H2,1H3,(H,12,13). The second-order valence-electron chi connectivity index (χ2n) is 3.01. The average molecular weight is 195 g/mol. The molecule has 4 heteroatoms. The van der Waals surface area contributed by atoms with Gasteiger partial charge in [-0.05, 0) is 25.5 Å². The summed E-state index contributed by atoms with van der Waals surface area (Å²) in [5, 5.41) is 3.28. The molecule has 4 nitrogen and oxygen atoms in total. The zero-order valence-corrected chi connectivity index (χ0v) is 8.49. The minimum absolute atomic E-state index is 0.633. The summed E-state index contributed by atoms with van der Waals surface area (Å²) < 4.78 is 5.01. The van der Waals surface area contributed by atoms with Crippen molar-refractivity contribution < 1.29 is 4.74 Å². The number of nitrogens with one attached hydrogen (secondary N) is 1. The van der Waals surface area contributed by atoms with Crippen LogP contribution in [-0.4, -0.2) is 25.2 Å². The quantitative estimate of drug-likeness (QED) is 0.670. The molecule has 0 aliphatic rings. The van der Waals surface area contributed by atoms with E-state index in [1.807, 2.05) is 12.1 Å². The van der Waals surface area contributed by atoms with Crippen molar-refractivity contribution in [3.63, 3.8) is 0 Å². The van der Waals surface area contributed by atoms with Crippen molar-refractivity contribution in [1.29, 1.82) is 0 Å². The van der Waals surface area contributed by atoms with Crippen LogP contribution in [-0.2, 0) is 0 Å². The van der Waals surface area contributed by atoms with E-state index in [0.29, 0.717) is 5.88 Å². The van der Waals surface area contributed by atoms with Crippen LogP contribution in [0.5, 0.6) is 5.88 Å². The second kappa shape index (κ2) is 6.21. The van der Waals surface area contributed by atoms with Gasteiger partial charge in [0.2, 0.25) is 5.88 Å². The summed E-state index contributed by atoms with van der Waals surface area (Å²) >= 11 is 0. The molecule has 3 N–H and O–H groups in total. The van der Waals surface area contributed by atoms with Crippen molar-refractivity contribution >= 4 is 5.69 Å². The SMILES string of the molecule is COc1cc(NCCCCN)ccn1. The van der Waals surface area contributed by atoms with Gasteiger partial charge in [0, 0.05) is 24.5 Å². The highest BCUT2D eigenvalue weighted by Gasteiger charge is 1.95. The Kier molecular flexibility index (Phi) is 4.78. The second-order valence-corrected chi connectivity index (χ2v) is 3.01. The smallest absolute Gasteiger partial charge is 0.214 e. The Balaban J connectivity index is 2.34. The minimum Gasteiger partial charge on any atom is -0.481 e. The van der Waals surface area contributed by atoms with Crippen molar-refractivity contribution in [2.45, 2.75) is 12.8 Å². The summed E-state index contributed by atoms with van der Waals surface area (Å²) in [6.07, 6.45) is 3.86. The number of unbranched alkanes of at least 4 members (excludes halogenated alkanes) is 1. The summed E-state index contributed by atoms with van der Waals surface area (Å²) in [4.78, 5) is 4.02. The van der Waals surface area contributed by atoms with Crippen molar-refractivity contribution in [1.82, 2.24) is 4.98 Å². The van der Waals surface area contributed by atoms with E-state index in [1.54, 1.807) is 13.3 Å². The Labute approximate surface area is 84.5 Å². The first kappa shape index (κ1) is 10.8. The molecule has 1 rings (SSSR count). The maximum absolute atomic E-state index is 5.40. The van der Waals surface area contributed by atoms with Gasteiger partial charge in [-0.3, -0.25) is 0 Å². The third-order valence-corrected chi connectivity index (χ3v) is 1.90. The lowest BCUT2D eigenvalue weighted by Crippen LogP contribution is -2.05. The molecule has 0 radical (unpaired) electrons. The van der Waals surface area contributed by atoms with Crippen LogP contribution in [0.2, 0.25) is 0 Å². The average Bonchev–Trinajstić information content (AvgIpc) is 2.25. The van der Waals surface area contributed by atoms with E-state index in [-0.39, 0.29) is 0 Å². The lowest BCUT2D eigenvalue weighted by Gasteiger charge is -2.06. The predicted molar refractivity (Wildman–Crippen MR) is 57.6 cm³/mol. The van der Waals surface area contributed by atoms with Gasteiger partial charge in [0.15, 0.2) is 0 Å². The van der Waals surface area contributed by atoms with Crippen LogP contribution in [0, 0.1) is 0 Å². The van der Waals surface area contributed by atoms with Crippen LogP contribution >= 0.6 is 0 Å². The largest absolute Gasteiger partial charge is 0.481 e. The van der Waals surface area contributed by atoms with E-state index < -0.39 is 0 Å². The van der Waals surface area contributed by atoms with Gasteiger partial charge in [0.1, 0.15) is 0 Å². The van der Waals surface area contributed by atoms with Crippen LogP contribution in [0.15, 0.2) is 18.3 Å². The first-order valence-corrected chi connectivity index (χ1v) is 4.81. The molecule has 0 unspecified atom stereocenters. The highest BCUT2D eigenvalue weighted by atomic mass is 16.5. The van der Waals surface area contributed by atoms with E-state index in [2.05, 4.69) is 10.3 Å². The van der Waals surface area contributed by atoms with E-state index in [0.717, 1.165) is 31.6 Å². The number of anilines is 1. The van der Waals surface area contributed by atoms with E-state index in [1.165, 1.54) is 0 Å². The van der Waals surface area contributed by atoms with Crippen LogP contribution < -0.4 is 15.8 Å². The van der Waals surface area contributed by atoms with E-state index in [9.17, 15) is 0 Å². The van der Waals surface area contributed by atoms with E-state index in [4.69, 9.17) is 10.5 Å². The molecule has 0 bridgehead atoms. The Morgan fingerprint density at radius 2 is 2.36 bits per heavy atom. The molecule has 1 aromatic heterocycles. The predicted octanol–water partition coefficient (Wildman–Crippen LogP) is 1.24. The zero-order valence-electron chi connectivity index (χ0n) is 8.49. The van der Waals surface area contributed by atoms with Crippen LogP contribution in [0.4, 0.5) is 5.69 Å². The molecule has 0 atom stereocenters. The summed E-state index contributed by atoms with van der Waals surface area (Å²) in [5.74, 6) is 0.633. The van der Waals surface area contributed by atoms with Gasteiger partial charge in [-0.1, -0.05) is 0 Å². The zero-order chi connectivity index (χ0) is 10.2. The molecule has 14 heavy (non-hydrogen) atoms. The highest BCUT2D eigenvalue weighted by Crippen LogP contribution is 2.12. The molecule has 0 aliphatic carbocycles. The molecule has 1 heterocycles. The van der Waals surface area contributed by atoms with E-state index >= 15 is 0 Å². The van der Waals surface area contributed by atoms with Crippen molar-refractivity contribution in [2.75, 3.05) is 25.5 Å². The van der Waals surface area contributed by atoms with Gasteiger partial charge in [0.05, 0.1) is 7.11 Å². The van der Waals surface area contributed by atoms with Crippen LogP contribution in [0.3, 0.4) is 0 Å². The lowest BCUT2D eigenvalue weighted by atomic mass is 10.3. The molecule has 0 saturated carbocycles. The van der Waals surface area contributed by atoms with Gasteiger partial charge in [0.25, 0.3) is 0 Å². The third kappa shape index (κ3) is 3.62. The number of hydrogen-bond donors (Lipinski definition) is 2. The molecular formula is C10H17N3O. The normalized spacial score (nSPS) is 9.86. The fourth-order valence-corrected chi connectivity index (χ4v) is 1.13. The molecule has 0 amide bonds. The monoisotopic (exact) mass is 195 g/mol. The van der Waals surface area contributed by atoms with Crippen molar-refractivity contribution in [3.05, 3.63) is 18.3 Å². The number of methoxy groups -OCH3 is 1. The summed E-state index contributed by atoms with van der Waals surface area (Å²) in [5.41, 5.74) is 6.43. The first-order valence-electron chi connectivity index (χ1n) is 4.81. The van der Waals surface area contributed by atoms with Crippen LogP contribution in [0.25, 0.3) is 0 Å². The number of aromatic nitrogens is 1. The topological polar surface area (TPSA) is 60.2 Å². The number of nitrogens with two attached hydrogens (primary N) is 1. The van der Waals surface area contributed by atoms with Gasteiger partial charge in [-0.2, -0.15) is 0 Å². The Morgan fingerprint density at radius 3 is 3.07 bits per heavy atom. The highest BCUT2D eigenvalue weighted by molar-refractivity contribution is 5.44. The number of pyridine rings is 1. The number of nitrogens with zero attached hydrogens (tertiary/aromatic N) is 1. The summed E-state index contributed by atoms with van der Waals surface area (Å²) in [6.45, 7) is 1.69. The number of hydrogen-bond acceptors (Lipinski definition) is 4. The third-order valence-electron chi connectivity index (χ3n) is 1.90. The molecule has 78 valence electrons. The molecular weight excluding hydrogens is 178 g/mol. The van der Waals surface area contributed by atoms with Gasteiger partial charge in [-0.15, -0.1) is 0 Å².